The molecule has 6 nitrogen and oxygen atoms in total. The van der Waals surface area contributed by atoms with Crippen LogP contribution in [0.5, 0.6) is 0 Å². The lowest BCUT2D eigenvalue weighted by Crippen LogP contribution is -2.44. The number of fused-ring (bicyclic) bond motifs is 1. The molecule has 3 N–H and O–H groups in total. The van der Waals surface area contributed by atoms with Crippen molar-refractivity contribution in [3.63, 3.8) is 0 Å². The Hall–Kier alpha value is -3.32. The number of hydrogen-bond acceptors (Lipinski definition) is 5. The number of hydrogen-bond donors (Lipinski definition) is 3. The van der Waals surface area contributed by atoms with E-state index in [2.05, 4.69) is 5.43 Å². The van der Waals surface area contributed by atoms with Crippen LogP contribution < -0.4 is 5.43 Å². The smallest absolute Gasteiger partial charge is 0.241 e. The van der Waals surface area contributed by atoms with Crippen LogP contribution in [0.15, 0.2) is 78.9 Å². The average molecular weight is 402 g/mol. The predicted molar refractivity (Wildman–Crippen MR) is 111 cm³/mol. The van der Waals surface area contributed by atoms with Gasteiger partial charge in [0, 0.05) is 22.3 Å². The molecule has 4 rings (SSSR count). The number of hydrazine groups is 1. The fraction of sp³-hybridized carbons (Fsp3) is 0.167. The largest absolute Gasteiger partial charge is 0.372 e. The molecule has 0 spiro atoms. The van der Waals surface area contributed by atoms with Crippen molar-refractivity contribution in [3.8, 4) is 0 Å². The average Bonchev–Trinajstić information content (AvgIpc) is 3.03. The normalized spacial score (nSPS) is 19.2. The lowest BCUT2D eigenvalue weighted by molar-refractivity contribution is -0.150. The fourth-order valence-corrected chi connectivity index (χ4v) is 3.62. The van der Waals surface area contributed by atoms with Crippen LogP contribution >= 0.6 is 0 Å². The highest BCUT2D eigenvalue weighted by Gasteiger charge is 2.37. The highest BCUT2D eigenvalue weighted by atomic mass is 16.3. The molecule has 0 radical (unpaired) electrons. The number of nitrogens with zero attached hydrogens (tertiary/aromatic N) is 1. The second kappa shape index (κ2) is 8.20. The standard InChI is InChI=1S/C24H22N2O4/c1-15(17-10-7-11-18(14-17)21(27)16-8-3-2-4-9-16)22(28)25-26-23(29)19-12-5-6-13-20(19)24(26)30/h2-15,23-24,29-30H,1H3,(H,25,28). The molecule has 1 amide bonds. The molecule has 3 unspecified atom stereocenters. The molecule has 30 heavy (non-hydrogen) atoms. The molecule has 3 aromatic rings. The van der Waals surface area contributed by atoms with E-state index in [1.54, 1.807) is 79.7 Å². The highest BCUT2D eigenvalue weighted by Crippen LogP contribution is 2.37. The summed E-state index contributed by atoms with van der Waals surface area (Å²) in [6, 6.07) is 22.8. The number of carbonyl (C=O) groups is 2. The van der Waals surface area contributed by atoms with Gasteiger partial charge in [-0.05, 0) is 18.6 Å². The summed E-state index contributed by atoms with van der Waals surface area (Å²) in [5, 5.41) is 22.1. The van der Waals surface area contributed by atoms with E-state index < -0.39 is 24.3 Å². The molecule has 1 aliphatic rings. The third-order valence-corrected chi connectivity index (χ3v) is 5.40. The van der Waals surface area contributed by atoms with E-state index >= 15 is 0 Å². The van der Waals surface area contributed by atoms with Crippen molar-refractivity contribution in [3.05, 3.63) is 107 Å². The number of nitrogens with one attached hydrogen (secondary N) is 1. The van der Waals surface area contributed by atoms with Gasteiger partial charge in [-0.2, -0.15) is 5.01 Å². The highest BCUT2D eigenvalue weighted by molar-refractivity contribution is 6.09. The summed E-state index contributed by atoms with van der Waals surface area (Å²) in [6.07, 6.45) is -2.28. The Morgan fingerprint density at radius 1 is 0.833 bits per heavy atom. The molecule has 152 valence electrons. The molecule has 0 saturated heterocycles. The van der Waals surface area contributed by atoms with Crippen LogP contribution in [0.4, 0.5) is 0 Å². The maximum atomic E-state index is 12.8. The third-order valence-electron chi connectivity index (χ3n) is 5.40. The number of aliphatic hydroxyl groups is 2. The maximum absolute atomic E-state index is 12.8. The van der Waals surface area contributed by atoms with Crippen LogP contribution in [-0.2, 0) is 4.79 Å². The molecule has 0 aromatic heterocycles. The van der Waals surface area contributed by atoms with E-state index in [1.165, 1.54) is 0 Å². The first-order valence-corrected chi connectivity index (χ1v) is 9.71. The van der Waals surface area contributed by atoms with Crippen molar-refractivity contribution in [2.24, 2.45) is 0 Å². The van der Waals surface area contributed by atoms with Gasteiger partial charge in [0.15, 0.2) is 18.2 Å². The van der Waals surface area contributed by atoms with E-state index in [1.807, 2.05) is 6.07 Å². The van der Waals surface area contributed by atoms with Gasteiger partial charge in [-0.25, -0.2) is 0 Å². The van der Waals surface area contributed by atoms with Crippen LogP contribution in [0.25, 0.3) is 0 Å². The zero-order chi connectivity index (χ0) is 21.3. The Kier molecular flexibility index (Phi) is 5.46. The summed E-state index contributed by atoms with van der Waals surface area (Å²) in [6.45, 7) is 1.71. The Morgan fingerprint density at radius 2 is 1.40 bits per heavy atom. The molecular formula is C24H22N2O4. The molecule has 1 heterocycles. The monoisotopic (exact) mass is 402 g/mol. The summed E-state index contributed by atoms with van der Waals surface area (Å²) >= 11 is 0. The van der Waals surface area contributed by atoms with Crippen LogP contribution in [0.2, 0.25) is 0 Å². The molecule has 0 saturated carbocycles. The minimum Gasteiger partial charge on any atom is -0.372 e. The number of rotatable bonds is 5. The van der Waals surface area contributed by atoms with E-state index in [0.29, 0.717) is 27.8 Å². The van der Waals surface area contributed by atoms with Gasteiger partial charge in [0.05, 0.1) is 5.92 Å². The molecule has 3 atom stereocenters. The Balaban J connectivity index is 1.51. The summed E-state index contributed by atoms with van der Waals surface area (Å²) in [5.41, 5.74) is 5.44. The van der Waals surface area contributed by atoms with Crippen molar-refractivity contribution in [2.45, 2.75) is 25.3 Å². The second-order valence-corrected chi connectivity index (χ2v) is 7.30. The van der Waals surface area contributed by atoms with Crippen LogP contribution in [0, 0.1) is 0 Å². The lowest BCUT2D eigenvalue weighted by Gasteiger charge is -2.26. The first kappa shape index (κ1) is 20.0. The summed E-state index contributed by atoms with van der Waals surface area (Å²) < 4.78 is 0. The molecule has 0 fully saturated rings. The van der Waals surface area contributed by atoms with Crippen LogP contribution in [-0.4, -0.2) is 26.9 Å². The SMILES string of the molecule is CC(C(=O)NN1C(O)c2ccccc2C1O)c1cccc(C(=O)c2ccccc2)c1. The fourth-order valence-electron chi connectivity index (χ4n) is 3.62. The number of aliphatic hydroxyl groups excluding tert-OH is 2. The molecule has 6 heteroatoms. The minimum atomic E-state index is -1.14. The van der Waals surface area contributed by atoms with Gasteiger partial charge in [0.25, 0.3) is 0 Å². The predicted octanol–water partition coefficient (Wildman–Crippen LogP) is 3.05. The van der Waals surface area contributed by atoms with Gasteiger partial charge in [0.1, 0.15) is 0 Å². The second-order valence-electron chi connectivity index (χ2n) is 7.30. The van der Waals surface area contributed by atoms with E-state index in [4.69, 9.17) is 0 Å². The van der Waals surface area contributed by atoms with E-state index in [-0.39, 0.29) is 5.78 Å². The van der Waals surface area contributed by atoms with Gasteiger partial charge in [0.2, 0.25) is 5.91 Å². The Bertz CT molecular complexity index is 1050. The third kappa shape index (κ3) is 3.64. The molecule has 1 aliphatic heterocycles. The van der Waals surface area contributed by atoms with Gasteiger partial charge < -0.3 is 10.2 Å². The number of carbonyl (C=O) groups excluding carboxylic acids is 2. The topological polar surface area (TPSA) is 89.9 Å². The minimum absolute atomic E-state index is 0.120. The van der Waals surface area contributed by atoms with Gasteiger partial charge in [-0.15, -0.1) is 0 Å². The number of ketones is 1. The van der Waals surface area contributed by atoms with E-state index in [9.17, 15) is 19.8 Å². The molecule has 0 aliphatic carbocycles. The quantitative estimate of drug-likeness (QED) is 0.571. The van der Waals surface area contributed by atoms with Gasteiger partial charge in [-0.1, -0.05) is 72.8 Å². The summed E-state index contributed by atoms with van der Waals surface area (Å²) in [5.74, 6) is -1.12. The summed E-state index contributed by atoms with van der Waals surface area (Å²) in [7, 11) is 0. The Morgan fingerprint density at radius 3 is 2.03 bits per heavy atom. The van der Waals surface area contributed by atoms with Crippen molar-refractivity contribution in [1.29, 1.82) is 0 Å². The first-order chi connectivity index (χ1) is 14.5. The lowest BCUT2D eigenvalue weighted by atomic mass is 9.95. The first-order valence-electron chi connectivity index (χ1n) is 9.71. The van der Waals surface area contributed by atoms with Crippen LogP contribution in [0.1, 0.15) is 57.9 Å². The van der Waals surface area contributed by atoms with E-state index in [0.717, 1.165) is 5.01 Å². The van der Waals surface area contributed by atoms with Gasteiger partial charge in [-0.3, -0.25) is 15.0 Å². The maximum Gasteiger partial charge on any atom is 0.241 e. The van der Waals surface area contributed by atoms with Crippen molar-refractivity contribution in [2.75, 3.05) is 0 Å². The number of benzene rings is 3. The zero-order valence-electron chi connectivity index (χ0n) is 16.4. The van der Waals surface area contributed by atoms with Gasteiger partial charge >= 0.3 is 0 Å². The van der Waals surface area contributed by atoms with Crippen molar-refractivity contribution < 1.29 is 19.8 Å². The molecule has 0 bridgehead atoms. The zero-order valence-corrected chi connectivity index (χ0v) is 16.4. The van der Waals surface area contributed by atoms with Crippen molar-refractivity contribution in [1.82, 2.24) is 10.4 Å². The van der Waals surface area contributed by atoms with Crippen LogP contribution in [0.3, 0.4) is 0 Å². The Labute approximate surface area is 174 Å². The molecule has 3 aromatic carbocycles. The molecular weight excluding hydrogens is 380 g/mol. The number of amides is 1. The summed E-state index contributed by atoms with van der Waals surface area (Å²) in [4.78, 5) is 25.5. The van der Waals surface area contributed by atoms with Crippen molar-refractivity contribution >= 4 is 11.7 Å².